The van der Waals surface area contributed by atoms with E-state index in [1.807, 2.05) is 30.9 Å². The molecule has 0 unspecified atom stereocenters. The predicted octanol–water partition coefficient (Wildman–Crippen LogP) is 3.73. The molecule has 0 aliphatic heterocycles. The minimum Gasteiger partial charge on any atom is -0.335 e. The van der Waals surface area contributed by atoms with Crippen LogP contribution in [0, 0.1) is 13.8 Å². The van der Waals surface area contributed by atoms with Crippen molar-refractivity contribution in [3.8, 4) is 0 Å². The quantitative estimate of drug-likeness (QED) is 0.794. The molecule has 140 valence electrons. The summed E-state index contributed by atoms with van der Waals surface area (Å²) in [6, 6.07) is 4.37. The Morgan fingerprint density at radius 1 is 1.27 bits per heavy atom. The van der Waals surface area contributed by atoms with Crippen LogP contribution in [-0.2, 0) is 24.8 Å². The largest absolute Gasteiger partial charge is 0.335 e. The lowest BCUT2D eigenvalue weighted by atomic mass is 9.93. The first-order valence-corrected chi connectivity index (χ1v) is 9.73. The number of pyridine rings is 1. The van der Waals surface area contributed by atoms with Crippen molar-refractivity contribution in [1.82, 2.24) is 19.7 Å². The average Bonchev–Trinajstić information content (AvgIpc) is 2.91. The molecular weight excluding hydrogens is 324 g/mol. The fraction of sp³-hybridized carbons (Fsp3) is 0.571. The fourth-order valence-corrected chi connectivity index (χ4v) is 4.06. The van der Waals surface area contributed by atoms with Crippen LogP contribution in [0.4, 0.5) is 0 Å². The molecule has 5 heteroatoms. The van der Waals surface area contributed by atoms with Gasteiger partial charge in [-0.1, -0.05) is 25.3 Å². The lowest BCUT2D eigenvalue weighted by molar-refractivity contribution is -0.135. The van der Waals surface area contributed by atoms with Crippen LogP contribution < -0.4 is 0 Å². The molecule has 1 amide bonds. The smallest absolute Gasteiger partial charge is 0.223 e. The van der Waals surface area contributed by atoms with Crippen molar-refractivity contribution in [2.24, 2.45) is 7.05 Å². The normalized spacial score (nSPS) is 15.2. The monoisotopic (exact) mass is 354 g/mol. The molecule has 2 aromatic rings. The minimum atomic E-state index is 0.253. The molecule has 0 radical (unpaired) electrons. The summed E-state index contributed by atoms with van der Waals surface area (Å²) in [6.45, 7) is 4.78. The molecule has 26 heavy (non-hydrogen) atoms. The Morgan fingerprint density at radius 3 is 2.65 bits per heavy atom. The molecule has 5 nitrogen and oxygen atoms in total. The Kier molecular flexibility index (Phi) is 6.07. The minimum absolute atomic E-state index is 0.253. The lowest BCUT2D eigenvalue weighted by Crippen LogP contribution is -2.41. The van der Waals surface area contributed by atoms with Gasteiger partial charge in [0.1, 0.15) is 0 Å². The molecule has 0 aromatic carbocycles. The number of hydrogen-bond donors (Lipinski definition) is 0. The number of rotatable bonds is 6. The van der Waals surface area contributed by atoms with Gasteiger partial charge in [-0.15, -0.1) is 0 Å². The van der Waals surface area contributed by atoms with Crippen molar-refractivity contribution >= 4 is 5.91 Å². The summed E-state index contributed by atoms with van der Waals surface area (Å²) < 4.78 is 1.91. The second-order valence-corrected chi connectivity index (χ2v) is 7.45. The molecule has 0 atom stereocenters. The molecule has 0 bridgehead atoms. The zero-order chi connectivity index (χ0) is 18.5. The van der Waals surface area contributed by atoms with Gasteiger partial charge in [0.05, 0.1) is 5.69 Å². The second kappa shape index (κ2) is 8.47. The van der Waals surface area contributed by atoms with Crippen LogP contribution in [-0.4, -0.2) is 31.6 Å². The molecule has 1 fully saturated rings. The summed E-state index contributed by atoms with van der Waals surface area (Å²) in [7, 11) is 1.96. The Bertz CT molecular complexity index is 732. The molecule has 2 aromatic heterocycles. The summed E-state index contributed by atoms with van der Waals surface area (Å²) in [6.07, 6.45) is 10.9. The van der Waals surface area contributed by atoms with Gasteiger partial charge in [-0.25, -0.2) is 0 Å². The third-order valence-corrected chi connectivity index (χ3v) is 5.66. The van der Waals surface area contributed by atoms with E-state index < -0.39 is 0 Å². The van der Waals surface area contributed by atoms with Gasteiger partial charge in [-0.05, 0) is 50.3 Å². The highest BCUT2D eigenvalue weighted by Gasteiger charge is 2.26. The van der Waals surface area contributed by atoms with Crippen LogP contribution in [0.1, 0.15) is 61.0 Å². The molecule has 1 aliphatic carbocycles. The number of aryl methyl sites for hydroxylation is 2. The standard InChI is InChI=1S/C21H30N4O/c1-16-20(17(2)24(3)23-16)11-12-21(26)25(19-9-5-4-6-10-19)15-18-8-7-13-22-14-18/h7-8,13-14,19H,4-6,9-12,15H2,1-3H3. The van der Waals surface area contributed by atoms with E-state index in [0.29, 0.717) is 19.0 Å². The number of amides is 1. The zero-order valence-electron chi connectivity index (χ0n) is 16.2. The van der Waals surface area contributed by atoms with E-state index in [4.69, 9.17) is 0 Å². The highest BCUT2D eigenvalue weighted by molar-refractivity contribution is 5.77. The Balaban J connectivity index is 1.71. The summed E-state index contributed by atoms with van der Waals surface area (Å²) in [5, 5.41) is 4.47. The predicted molar refractivity (Wildman–Crippen MR) is 103 cm³/mol. The van der Waals surface area contributed by atoms with Crippen molar-refractivity contribution in [2.75, 3.05) is 0 Å². The van der Waals surface area contributed by atoms with Crippen molar-refractivity contribution in [3.05, 3.63) is 47.0 Å². The molecule has 0 N–H and O–H groups in total. The maximum absolute atomic E-state index is 13.1. The SMILES string of the molecule is Cc1nn(C)c(C)c1CCC(=O)N(Cc1cccnc1)C1CCCCC1. The van der Waals surface area contributed by atoms with Gasteiger partial charge in [-0.3, -0.25) is 14.5 Å². The highest BCUT2D eigenvalue weighted by Crippen LogP contribution is 2.25. The second-order valence-electron chi connectivity index (χ2n) is 7.45. The molecule has 1 aliphatic rings. The highest BCUT2D eigenvalue weighted by atomic mass is 16.2. The Labute approximate surface area is 156 Å². The van der Waals surface area contributed by atoms with Gasteiger partial charge in [0, 0.05) is 44.1 Å². The number of aromatic nitrogens is 3. The molecule has 0 spiro atoms. The van der Waals surface area contributed by atoms with Crippen molar-refractivity contribution in [2.45, 2.75) is 71.4 Å². The van der Waals surface area contributed by atoms with Crippen LogP contribution in [0.2, 0.25) is 0 Å². The first kappa shape index (κ1) is 18.6. The van der Waals surface area contributed by atoms with E-state index in [1.54, 1.807) is 6.20 Å². The van der Waals surface area contributed by atoms with Crippen LogP contribution in [0.15, 0.2) is 24.5 Å². The van der Waals surface area contributed by atoms with Gasteiger partial charge in [0.15, 0.2) is 0 Å². The number of nitrogens with zero attached hydrogens (tertiary/aromatic N) is 4. The van der Waals surface area contributed by atoms with Crippen molar-refractivity contribution < 1.29 is 4.79 Å². The summed E-state index contributed by atoms with van der Waals surface area (Å²) in [5.74, 6) is 0.253. The van der Waals surface area contributed by atoms with E-state index in [-0.39, 0.29) is 5.91 Å². The zero-order valence-corrected chi connectivity index (χ0v) is 16.2. The third kappa shape index (κ3) is 4.32. The molecule has 3 rings (SSSR count). The maximum atomic E-state index is 13.1. The summed E-state index contributed by atoms with van der Waals surface area (Å²) >= 11 is 0. The molecular formula is C21H30N4O. The first-order chi connectivity index (χ1) is 12.6. The van der Waals surface area contributed by atoms with E-state index >= 15 is 0 Å². The summed E-state index contributed by atoms with van der Waals surface area (Å²) in [5.41, 5.74) is 4.52. The van der Waals surface area contributed by atoms with Gasteiger partial charge in [-0.2, -0.15) is 5.10 Å². The lowest BCUT2D eigenvalue weighted by Gasteiger charge is -2.34. The van der Waals surface area contributed by atoms with Crippen molar-refractivity contribution in [3.63, 3.8) is 0 Å². The van der Waals surface area contributed by atoms with Gasteiger partial charge >= 0.3 is 0 Å². The van der Waals surface area contributed by atoms with E-state index in [2.05, 4.69) is 28.0 Å². The maximum Gasteiger partial charge on any atom is 0.223 e. The van der Waals surface area contributed by atoms with Crippen LogP contribution in [0.25, 0.3) is 0 Å². The first-order valence-electron chi connectivity index (χ1n) is 9.73. The topological polar surface area (TPSA) is 51.0 Å². The Morgan fingerprint density at radius 2 is 2.04 bits per heavy atom. The van der Waals surface area contributed by atoms with E-state index in [0.717, 1.165) is 36.2 Å². The number of carbonyl (C=O) groups is 1. The van der Waals surface area contributed by atoms with Crippen LogP contribution >= 0.6 is 0 Å². The fourth-order valence-electron chi connectivity index (χ4n) is 4.06. The van der Waals surface area contributed by atoms with E-state index in [9.17, 15) is 4.79 Å². The average molecular weight is 354 g/mol. The van der Waals surface area contributed by atoms with Gasteiger partial charge in [0.2, 0.25) is 5.91 Å². The van der Waals surface area contributed by atoms with Gasteiger partial charge in [0.25, 0.3) is 0 Å². The van der Waals surface area contributed by atoms with Crippen LogP contribution in [0.3, 0.4) is 0 Å². The van der Waals surface area contributed by atoms with Crippen molar-refractivity contribution in [1.29, 1.82) is 0 Å². The number of carbonyl (C=O) groups excluding carboxylic acids is 1. The van der Waals surface area contributed by atoms with E-state index in [1.165, 1.54) is 24.8 Å². The third-order valence-electron chi connectivity index (χ3n) is 5.66. The van der Waals surface area contributed by atoms with Gasteiger partial charge < -0.3 is 4.90 Å². The Hall–Kier alpha value is -2.17. The molecule has 1 saturated carbocycles. The van der Waals surface area contributed by atoms with Crippen LogP contribution in [0.5, 0.6) is 0 Å². The number of hydrogen-bond acceptors (Lipinski definition) is 3. The molecule has 2 heterocycles. The molecule has 0 saturated heterocycles. The summed E-state index contributed by atoms with van der Waals surface area (Å²) in [4.78, 5) is 19.4.